The number of ketones is 1. The van der Waals surface area contributed by atoms with E-state index >= 15 is 0 Å². The zero-order valence-electron chi connectivity index (χ0n) is 19.3. The maximum absolute atomic E-state index is 13.7. The molecule has 0 radical (unpaired) electrons. The SMILES string of the molecule is C=C(NO)c1ccc(Cn2c3c(c4ccccc42)C(=O)C(CN2CCN(C)CC2)CC3)cc1. The minimum absolute atomic E-state index is 0.0800. The van der Waals surface area contributed by atoms with Crippen LogP contribution in [0.1, 0.15) is 33.6 Å². The van der Waals surface area contributed by atoms with Crippen LogP contribution >= 0.6 is 0 Å². The van der Waals surface area contributed by atoms with Gasteiger partial charge in [-0.25, -0.2) is 0 Å². The first-order valence-corrected chi connectivity index (χ1v) is 11.8. The molecule has 2 aromatic carbocycles. The second-order valence-corrected chi connectivity index (χ2v) is 9.42. The van der Waals surface area contributed by atoms with Gasteiger partial charge in [0, 0.05) is 67.3 Å². The number of hydrogen-bond acceptors (Lipinski definition) is 5. The number of carbonyl (C=O) groups is 1. The number of piperazine rings is 1. The molecule has 0 saturated carbocycles. The number of nitrogens with zero attached hydrogens (tertiary/aromatic N) is 3. The molecule has 6 nitrogen and oxygen atoms in total. The Kier molecular flexibility index (Phi) is 6.06. The van der Waals surface area contributed by atoms with Gasteiger partial charge in [-0.1, -0.05) is 49.0 Å². The Morgan fingerprint density at radius 3 is 2.55 bits per heavy atom. The molecule has 33 heavy (non-hydrogen) atoms. The molecule has 1 atom stereocenters. The lowest BCUT2D eigenvalue weighted by molar-refractivity contribution is 0.0812. The molecule has 2 N–H and O–H groups in total. The van der Waals surface area contributed by atoms with Gasteiger partial charge in [0.25, 0.3) is 0 Å². The lowest BCUT2D eigenvalue weighted by atomic mass is 9.84. The van der Waals surface area contributed by atoms with Crippen LogP contribution in [0.15, 0.2) is 55.1 Å². The van der Waals surface area contributed by atoms with Crippen LogP contribution in [0.3, 0.4) is 0 Å². The molecule has 0 bridgehead atoms. The second kappa shape index (κ2) is 9.14. The van der Waals surface area contributed by atoms with Crippen LogP contribution in [0.2, 0.25) is 0 Å². The Hall–Kier alpha value is -2.93. The summed E-state index contributed by atoms with van der Waals surface area (Å²) in [4.78, 5) is 18.5. The third-order valence-corrected chi connectivity index (χ3v) is 7.28. The number of carbonyl (C=O) groups excluding carboxylic acids is 1. The zero-order chi connectivity index (χ0) is 22.9. The smallest absolute Gasteiger partial charge is 0.169 e. The summed E-state index contributed by atoms with van der Waals surface area (Å²) in [6, 6.07) is 16.3. The van der Waals surface area contributed by atoms with Crippen molar-refractivity contribution in [2.45, 2.75) is 19.4 Å². The number of hydrogen-bond donors (Lipinski definition) is 2. The number of rotatable bonds is 6. The summed E-state index contributed by atoms with van der Waals surface area (Å²) in [5.74, 6) is 0.391. The van der Waals surface area contributed by atoms with Crippen LogP contribution < -0.4 is 5.48 Å². The van der Waals surface area contributed by atoms with E-state index in [0.29, 0.717) is 18.0 Å². The Balaban J connectivity index is 1.43. The summed E-state index contributed by atoms with van der Waals surface area (Å²) in [6.07, 6.45) is 1.84. The Labute approximate surface area is 195 Å². The molecular formula is C27H32N4O2. The number of benzene rings is 2. The van der Waals surface area contributed by atoms with Crippen LogP contribution in [0.4, 0.5) is 0 Å². The van der Waals surface area contributed by atoms with Crippen molar-refractivity contribution in [1.29, 1.82) is 0 Å². The highest BCUT2D eigenvalue weighted by Crippen LogP contribution is 2.35. The van der Waals surface area contributed by atoms with E-state index < -0.39 is 0 Å². The monoisotopic (exact) mass is 444 g/mol. The van der Waals surface area contributed by atoms with Gasteiger partial charge >= 0.3 is 0 Å². The van der Waals surface area contributed by atoms with Crippen molar-refractivity contribution in [3.8, 4) is 0 Å². The predicted molar refractivity (Wildman–Crippen MR) is 132 cm³/mol. The van der Waals surface area contributed by atoms with E-state index in [0.717, 1.165) is 73.2 Å². The van der Waals surface area contributed by atoms with E-state index in [9.17, 15) is 4.79 Å². The number of likely N-dealkylation sites (N-methyl/N-ethyl adjacent to an activating group) is 1. The third-order valence-electron chi connectivity index (χ3n) is 7.28. The van der Waals surface area contributed by atoms with Gasteiger partial charge in [0.1, 0.15) is 0 Å². The van der Waals surface area contributed by atoms with Crippen molar-refractivity contribution in [1.82, 2.24) is 19.8 Å². The highest BCUT2D eigenvalue weighted by Gasteiger charge is 2.34. The highest BCUT2D eigenvalue weighted by molar-refractivity contribution is 6.11. The molecule has 5 rings (SSSR count). The largest absolute Gasteiger partial charge is 0.339 e. The molecule has 3 aromatic rings. The Morgan fingerprint density at radius 2 is 1.82 bits per heavy atom. The van der Waals surface area contributed by atoms with Gasteiger partial charge in [0.05, 0.1) is 5.70 Å². The fourth-order valence-electron chi connectivity index (χ4n) is 5.29. The lowest BCUT2D eigenvalue weighted by Crippen LogP contribution is -2.47. The van der Waals surface area contributed by atoms with E-state index in [4.69, 9.17) is 5.21 Å². The third kappa shape index (κ3) is 4.22. The van der Waals surface area contributed by atoms with Crippen LogP contribution in [-0.2, 0) is 13.0 Å². The predicted octanol–water partition coefficient (Wildman–Crippen LogP) is 3.63. The number of aromatic nitrogens is 1. The zero-order valence-corrected chi connectivity index (χ0v) is 19.3. The minimum atomic E-state index is 0.0800. The summed E-state index contributed by atoms with van der Waals surface area (Å²) < 4.78 is 2.32. The average Bonchev–Trinajstić information content (AvgIpc) is 3.16. The lowest BCUT2D eigenvalue weighted by Gasteiger charge is -2.35. The van der Waals surface area contributed by atoms with Crippen molar-refractivity contribution < 1.29 is 10.0 Å². The molecule has 0 amide bonds. The van der Waals surface area contributed by atoms with E-state index in [1.165, 1.54) is 5.69 Å². The molecule has 1 fully saturated rings. The number of fused-ring (bicyclic) bond motifs is 3. The number of Topliss-reactive ketones (excluding diaryl/α,β-unsaturated/α-hetero) is 1. The quantitative estimate of drug-likeness (QED) is 0.569. The fraction of sp³-hybridized carbons (Fsp3) is 0.370. The molecule has 1 unspecified atom stereocenters. The van der Waals surface area contributed by atoms with Crippen molar-refractivity contribution in [3.63, 3.8) is 0 Å². The molecule has 172 valence electrons. The van der Waals surface area contributed by atoms with Gasteiger partial charge in [0.15, 0.2) is 5.78 Å². The molecule has 1 saturated heterocycles. The molecule has 6 heteroatoms. The summed E-state index contributed by atoms with van der Waals surface area (Å²) in [5, 5.41) is 10.2. The molecule has 1 aliphatic carbocycles. The summed E-state index contributed by atoms with van der Waals surface area (Å²) >= 11 is 0. The topological polar surface area (TPSA) is 60.7 Å². The van der Waals surface area contributed by atoms with Gasteiger partial charge in [-0.15, -0.1) is 0 Å². The average molecular weight is 445 g/mol. The van der Waals surface area contributed by atoms with Gasteiger partial charge in [-0.05, 0) is 37.1 Å². The van der Waals surface area contributed by atoms with Gasteiger partial charge < -0.3 is 14.4 Å². The van der Waals surface area contributed by atoms with E-state index in [-0.39, 0.29) is 5.92 Å². The Bertz CT molecular complexity index is 1170. The normalized spacial score (nSPS) is 19.6. The summed E-state index contributed by atoms with van der Waals surface area (Å²) in [6.45, 7) is 9.62. The maximum Gasteiger partial charge on any atom is 0.169 e. The highest BCUT2D eigenvalue weighted by atomic mass is 16.5. The van der Waals surface area contributed by atoms with Gasteiger partial charge in [0.2, 0.25) is 0 Å². The van der Waals surface area contributed by atoms with Gasteiger partial charge in [-0.3, -0.25) is 15.5 Å². The molecule has 1 aliphatic heterocycles. The van der Waals surface area contributed by atoms with Crippen molar-refractivity contribution in [2.75, 3.05) is 39.8 Å². The first kappa shape index (κ1) is 21.9. The minimum Gasteiger partial charge on any atom is -0.339 e. The fourth-order valence-corrected chi connectivity index (χ4v) is 5.29. The standard InChI is InChI=1S/C27H32N4O2/c1-19(28-33)21-9-7-20(8-10-21)17-31-24-6-4-3-5-23(24)26-25(31)12-11-22(27(26)32)18-30-15-13-29(2)14-16-30/h3-10,22,28,33H,1,11-18H2,2H3. The molecule has 2 aliphatic rings. The first-order valence-electron chi connectivity index (χ1n) is 11.8. The molecule has 1 aromatic heterocycles. The second-order valence-electron chi connectivity index (χ2n) is 9.42. The Morgan fingerprint density at radius 1 is 1.09 bits per heavy atom. The molecule has 0 spiro atoms. The molecule has 2 heterocycles. The number of para-hydroxylation sites is 1. The van der Waals surface area contributed by atoms with Crippen LogP contribution in [0.5, 0.6) is 0 Å². The van der Waals surface area contributed by atoms with Crippen molar-refractivity contribution >= 4 is 22.4 Å². The van der Waals surface area contributed by atoms with Crippen LogP contribution in [0, 0.1) is 5.92 Å². The van der Waals surface area contributed by atoms with E-state index in [2.05, 4.69) is 63.8 Å². The van der Waals surface area contributed by atoms with Crippen molar-refractivity contribution in [2.24, 2.45) is 5.92 Å². The van der Waals surface area contributed by atoms with Gasteiger partial charge in [-0.2, -0.15) is 0 Å². The summed E-state index contributed by atoms with van der Waals surface area (Å²) in [5.41, 5.74) is 7.82. The van der Waals surface area contributed by atoms with E-state index in [1.807, 2.05) is 18.2 Å². The first-order chi connectivity index (χ1) is 16.0. The number of hydroxylamine groups is 1. The number of nitrogens with one attached hydrogen (secondary N) is 1. The van der Waals surface area contributed by atoms with Crippen LogP contribution in [0.25, 0.3) is 16.6 Å². The summed E-state index contributed by atoms with van der Waals surface area (Å²) in [7, 11) is 2.16. The van der Waals surface area contributed by atoms with E-state index in [1.54, 1.807) is 0 Å². The maximum atomic E-state index is 13.7. The van der Waals surface area contributed by atoms with Crippen molar-refractivity contribution in [3.05, 3.63) is 77.5 Å². The van der Waals surface area contributed by atoms with Crippen LogP contribution in [-0.4, -0.2) is 65.1 Å². The molecular weight excluding hydrogens is 412 g/mol.